The number of hydrogen-bond acceptors (Lipinski definition) is 3. The quantitative estimate of drug-likeness (QED) is 0.878. The Morgan fingerprint density at radius 3 is 2.59 bits per heavy atom. The van der Waals surface area contributed by atoms with Gasteiger partial charge in [0.25, 0.3) is 0 Å². The summed E-state index contributed by atoms with van der Waals surface area (Å²) in [5.74, 6) is 0.708. The van der Waals surface area contributed by atoms with Gasteiger partial charge in [0, 0.05) is 31.3 Å². The van der Waals surface area contributed by atoms with E-state index in [0.29, 0.717) is 18.4 Å². The van der Waals surface area contributed by atoms with Gasteiger partial charge in [0.2, 0.25) is 5.91 Å². The zero-order chi connectivity index (χ0) is 16.1. The minimum absolute atomic E-state index is 0.0805. The molecule has 2 heterocycles. The number of aryl methyl sites for hydroxylation is 1. The summed E-state index contributed by atoms with van der Waals surface area (Å²) in [6, 6.07) is 0.696. The van der Waals surface area contributed by atoms with Crippen molar-refractivity contribution in [3.63, 3.8) is 0 Å². The molecule has 0 aromatic carbocycles. The van der Waals surface area contributed by atoms with E-state index >= 15 is 0 Å². The van der Waals surface area contributed by atoms with Crippen LogP contribution < -0.4 is 5.32 Å². The molecule has 5 heteroatoms. The average molecular weight is 306 g/mol. The molecule has 1 N–H and O–H groups in total. The lowest BCUT2D eigenvalue weighted by atomic mass is 9.92. The lowest BCUT2D eigenvalue weighted by Gasteiger charge is -2.34. The van der Waals surface area contributed by atoms with Crippen molar-refractivity contribution >= 4 is 5.91 Å². The molecule has 0 saturated carbocycles. The van der Waals surface area contributed by atoms with Crippen molar-refractivity contribution in [2.45, 2.75) is 58.5 Å². The van der Waals surface area contributed by atoms with Gasteiger partial charge in [-0.2, -0.15) is 5.10 Å². The Kier molecular flexibility index (Phi) is 6.00. The maximum atomic E-state index is 12.3. The summed E-state index contributed by atoms with van der Waals surface area (Å²) in [4.78, 5) is 14.8. The molecule has 2 rings (SSSR count). The van der Waals surface area contributed by atoms with Crippen LogP contribution in [0.1, 0.15) is 58.1 Å². The molecule has 0 aliphatic carbocycles. The van der Waals surface area contributed by atoms with E-state index in [-0.39, 0.29) is 11.9 Å². The predicted octanol–water partition coefficient (Wildman–Crippen LogP) is 2.50. The molecular weight excluding hydrogens is 276 g/mol. The highest BCUT2D eigenvalue weighted by Gasteiger charge is 2.23. The maximum absolute atomic E-state index is 12.3. The van der Waals surface area contributed by atoms with E-state index in [9.17, 15) is 4.79 Å². The first-order valence-corrected chi connectivity index (χ1v) is 8.51. The Labute approximate surface area is 134 Å². The highest BCUT2D eigenvalue weighted by molar-refractivity contribution is 5.76. The van der Waals surface area contributed by atoms with Gasteiger partial charge in [0.15, 0.2) is 0 Å². The third kappa shape index (κ3) is 4.57. The molecule has 22 heavy (non-hydrogen) atoms. The molecule has 1 aromatic heterocycles. The van der Waals surface area contributed by atoms with E-state index in [0.717, 1.165) is 37.9 Å². The van der Waals surface area contributed by atoms with Gasteiger partial charge in [0.1, 0.15) is 0 Å². The van der Waals surface area contributed by atoms with E-state index in [1.54, 1.807) is 4.68 Å². The van der Waals surface area contributed by atoms with Crippen molar-refractivity contribution in [3.8, 4) is 0 Å². The Morgan fingerprint density at radius 1 is 1.41 bits per heavy atom. The fourth-order valence-electron chi connectivity index (χ4n) is 3.23. The molecule has 1 aliphatic heterocycles. The predicted molar refractivity (Wildman–Crippen MR) is 88.4 cm³/mol. The van der Waals surface area contributed by atoms with Crippen LogP contribution in [0.2, 0.25) is 0 Å². The van der Waals surface area contributed by atoms with Crippen LogP contribution >= 0.6 is 0 Å². The molecule has 1 saturated heterocycles. The van der Waals surface area contributed by atoms with Gasteiger partial charge in [-0.15, -0.1) is 0 Å². The van der Waals surface area contributed by atoms with Crippen LogP contribution in [0.15, 0.2) is 12.4 Å². The Bertz CT molecular complexity index is 475. The van der Waals surface area contributed by atoms with Gasteiger partial charge < -0.3 is 10.2 Å². The molecule has 1 aliphatic rings. The van der Waals surface area contributed by atoms with Crippen molar-refractivity contribution in [2.75, 3.05) is 13.1 Å². The number of rotatable bonds is 6. The first-order valence-electron chi connectivity index (χ1n) is 8.51. The molecular formula is C17H30N4O. The average Bonchev–Trinajstić information content (AvgIpc) is 2.91. The Balaban J connectivity index is 1.80. The normalized spacial score (nSPS) is 18.6. The molecule has 1 amide bonds. The number of likely N-dealkylation sites (tertiary alicyclic amines) is 1. The van der Waals surface area contributed by atoms with Crippen molar-refractivity contribution in [2.24, 2.45) is 13.0 Å². The standard InChI is InChI=1S/C17H30N4O/c1-5-16(15-11-18-20(4)12-15)19-17(22)10-14-6-8-21(9-7-14)13(2)3/h11-14,16H,5-10H2,1-4H3,(H,19,22). The summed E-state index contributed by atoms with van der Waals surface area (Å²) in [7, 11) is 1.90. The van der Waals surface area contributed by atoms with E-state index < -0.39 is 0 Å². The van der Waals surface area contributed by atoms with Gasteiger partial charge in [-0.1, -0.05) is 6.92 Å². The van der Waals surface area contributed by atoms with Gasteiger partial charge in [-0.25, -0.2) is 0 Å². The molecule has 0 radical (unpaired) electrons. The van der Waals surface area contributed by atoms with E-state index in [4.69, 9.17) is 0 Å². The van der Waals surface area contributed by atoms with Crippen LogP contribution in [-0.2, 0) is 11.8 Å². The fourth-order valence-corrected chi connectivity index (χ4v) is 3.23. The number of carbonyl (C=O) groups is 1. The largest absolute Gasteiger partial charge is 0.349 e. The minimum atomic E-state index is 0.0805. The number of piperidine rings is 1. The fraction of sp³-hybridized carbons (Fsp3) is 0.765. The second-order valence-corrected chi connectivity index (χ2v) is 6.75. The second-order valence-electron chi connectivity index (χ2n) is 6.75. The highest BCUT2D eigenvalue weighted by atomic mass is 16.1. The Hall–Kier alpha value is -1.36. The molecule has 5 nitrogen and oxygen atoms in total. The highest BCUT2D eigenvalue weighted by Crippen LogP contribution is 2.23. The Morgan fingerprint density at radius 2 is 2.09 bits per heavy atom. The molecule has 1 fully saturated rings. The van der Waals surface area contributed by atoms with Crippen LogP contribution in [0.5, 0.6) is 0 Å². The molecule has 0 spiro atoms. The topological polar surface area (TPSA) is 50.2 Å². The van der Waals surface area contributed by atoms with E-state index in [2.05, 4.69) is 36.1 Å². The minimum Gasteiger partial charge on any atom is -0.349 e. The number of amides is 1. The molecule has 1 unspecified atom stereocenters. The van der Waals surface area contributed by atoms with Crippen LogP contribution in [0, 0.1) is 5.92 Å². The van der Waals surface area contributed by atoms with Crippen LogP contribution in [0.3, 0.4) is 0 Å². The molecule has 1 atom stereocenters. The number of aromatic nitrogens is 2. The van der Waals surface area contributed by atoms with Crippen molar-refractivity contribution < 1.29 is 4.79 Å². The third-order valence-corrected chi connectivity index (χ3v) is 4.72. The lowest BCUT2D eigenvalue weighted by molar-refractivity contribution is -0.123. The molecule has 124 valence electrons. The zero-order valence-corrected chi connectivity index (χ0v) is 14.4. The second kappa shape index (κ2) is 7.77. The third-order valence-electron chi connectivity index (χ3n) is 4.72. The number of nitrogens with one attached hydrogen (secondary N) is 1. The maximum Gasteiger partial charge on any atom is 0.220 e. The summed E-state index contributed by atoms with van der Waals surface area (Å²) in [5, 5.41) is 7.36. The number of nitrogens with zero attached hydrogens (tertiary/aromatic N) is 3. The lowest BCUT2D eigenvalue weighted by Crippen LogP contribution is -2.40. The summed E-state index contributed by atoms with van der Waals surface area (Å²) in [6.07, 6.45) is 7.64. The summed E-state index contributed by atoms with van der Waals surface area (Å²) >= 11 is 0. The van der Waals surface area contributed by atoms with Crippen LogP contribution in [0.25, 0.3) is 0 Å². The van der Waals surface area contributed by atoms with Gasteiger partial charge >= 0.3 is 0 Å². The van der Waals surface area contributed by atoms with Gasteiger partial charge in [0.05, 0.1) is 12.2 Å². The first kappa shape index (κ1) is 17.0. The number of carbonyl (C=O) groups excluding carboxylic acids is 1. The zero-order valence-electron chi connectivity index (χ0n) is 14.4. The summed E-state index contributed by atoms with van der Waals surface area (Å²) < 4.78 is 1.78. The SMILES string of the molecule is CCC(NC(=O)CC1CCN(C(C)C)CC1)c1cnn(C)c1. The van der Waals surface area contributed by atoms with Gasteiger partial charge in [-0.3, -0.25) is 9.48 Å². The van der Waals surface area contributed by atoms with Crippen molar-refractivity contribution in [3.05, 3.63) is 18.0 Å². The smallest absolute Gasteiger partial charge is 0.220 e. The number of hydrogen-bond donors (Lipinski definition) is 1. The van der Waals surface area contributed by atoms with Crippen molar-refractivity contribution in [1.29, 1.82) is 0 Å². The van der Waals surface area contributed by atoms with E-state index in [1.807, 2.05) is 19.4 Å². The van der Waals surface area contributed by atoms with E-state index in [1.165, 1.54) is 0 Å². The summed E-state index contributed by atoms with van der Waals surface area (Å²) in [5.41, 5.74) is 1.09. The summed E-state index contributed by atoms with van der Waals surface area (Å²) in [6.45, 7) is 8.82. The van der Waals surface area contributed by atoms with Crippen molar-refractivity contribution in [1.82, 2.24) is 20.0 Å². The molecule has 1 aromatic rings. The van der Waals surface area contributed by atoms with Crippen LogP contribution in [0.4, 0.5) is 0 Å². The van der Waals surface area contributed by atoms with Crippen LogP contribution in [-0.4, -0.2) is 39.7 Å². The van der Waals surface area contributed by atoms with Gasteiger partial charge in [-0.05, 0) is 52.1 Å². The molecule has 0 bridgehead atoms. The monoisotopic (exact) mass is 306 g/mol. The first-order chi connectivity index (χ1) is 10.5.